The fourth-order valence-corrected chi connectivity index (χ4v) is 2.09. The van der Waals surface area contributed by atoms with E-state index in [4.69, 9.17) is 0 Å². The zero-order valence-electron chi connectivity index (χ0n) is 13.0. The SMILES string of the molecule is C[Si](C)(C)C#CC(=O)c1ccc(N=Nc2ccccc2)cc1. The van der Waals surface area contributed by atoms with Gasteiger partial charge in [-0.1, -0.05) is 37.8 Å². The molecule has 2 aromatic carbocycles. The van der Waals surface area contributed by atoms with Crippen LogP contribution < -0.4 is 0 Å². The quantitative estimate of drug-likeness (QED) is 0.334. The maximum absolute atomic E-state index is 12.0. The van der Waals surface area contributed by atoms with Crippen LogP contribution in [0.4, 0.5) is 11.4 Å². The Labute approximate surface area is 132 Å². The lowest BCUT2D eigenvalue weighted by Crippen LogP contribution is -2.17. The number of Topliss-reactive ketones (excluding diaryl/α,β-unsaturated/α-hetero) is 1. The highest BCUT2D eigenvalue weighted by molar-refractivity contribution is 6.84. The molecule has 0 bridgehead atoms. The van der Waals surface area contributed by atoms with Crippen molar-refractivity contribution in [2.24, 2.45) is 10.2 Å². The average Bonchev–Trinajstić information content (AvgIpc) is 2.51. The minimum atomic E-state index is -1.53. The summed E-state index contributed by atoms with van der Waals surface area (Å²) < 4.78 is 0. The molecule has 0 amide bonds. The van der Waals surface area contributed by atoms with Gasteiger partial charge in [0, 0.05) is 5.56 Å². The fraction of sp³-hybridized carbons (Fsp3) is 0.167. The molecule has 0 N–H and O–H groups in total. The van der Waals surface area contributed by atoms with Gasteiger partial charge in [0.2, 0.25) is 5.78 Å². The van der Waals surface area contributed by atoms with E-state index in [1.807, 2.05) is 30.3 Å². The molecule has 2 aromatic rings. The molecule has 0 spiro atoms. The highest BCUT2D eigenvalue weighted by atomic mass is 28.3. The molecule has 4 heteroatoms. The predicted octanol–water partition coefficient (Wildman–Crippen LogP) is 5.17. The van der Waals surface area contributed by atoms with Crippen molar-refractivity contribution in [3.63, 3.8) is 0 Å². The van der Waals surface area contributed by atoms with Gasteiger partial charge < -0.3 is 0 Å². The van der Waals surface area contributed by atoms with Gasteiger partial charge in [-0.3, -0.25) is 4.79 Å². The van der Waals surface area contributed by atoms with Crippen molar-refractivity contribution in [1.29, 1.82) is 0 Å². The van der Waals surface area contributed by atoms with Crippen molar-refractivity contribution in [1.82, 2.24) is 0 Å². The van der Waals surface area contributed by atoms with E-state index in [1.165, 1.54) is 0 Å². The Morgan fingerprint density at radius 1 is 0.864 bits per heavy atom. The number of nitrogens with zero attached hydrogens (tertiary/aromatic N) is 2. The molecule has 0 aliphatic heterocycles. The lowest BCUT2D eigenvalue weighted by atomic mass is 10.1. The summed E-state index contributed by atoms with van der Waals surface area (Å²) in [6, 6.07) is 16.5. The molecule has 0 saturated heterocycles. The Kier molecular flexibility index (Phi) is 5.02. The van der Waals surface area contributed by atoms with Crippen molar-refractivity contribution >= 4 is 25.2 Å². The largest absolute Gasteiger partial charge is 0.279 e. The highest BCUT2D eigenvalue weighted by Gasteiger charge is 2.09. The van der Waals surface area contributed by atoms with Crippen LogP contribution in [0.15, 0.2) is 64.8 Å². The number of azo groups is 1. The van der Waals surface area contributed by atoms with Gasteiger partial charge in [-0.2, -0.15) is 10.2 Å². The van der Waals surface area contributed by atoms with E-state index in [-0.39, 0.29) is 5.78 Å². The number of benzene rings is 2. The first-order valence-corrected chi connectivity index (χ1v) is 10.6. The van der Waals surface area contributed by atoms with Crippen LogP contribution in [0.2, 0.25) is 19.6 Å². The zero-order valence-corrected chi connectivity index (χ0v) is 14.0. The first-order valence-electron chi connectivity index (χ1n) is 7.08. The second kappa shape index (κ2) is 6.97. The Morgan fingerprint density at radius 2 is 1.41 bits per heavy atom. The fourth-order valence-electron chi connectivity index (χ4n) is 1.61. The zero-order chi connectivity index (χ0) is 16.0. The Bertz CT molecular complexity index is 733. The predicted molar refractivity (Wildman–Crippen MR) is 92.5 cm³/mol. The lowest BCUT2D eigenvalue weighted by Gasteiger charge is -2.03. The van der Waals surface area contributed by atoms with E-state index in [2.05, 4.69) is 41.3 Å². The van der Waals surface area contributed by atoms with Gasteiger partial charge in [0.25, 0.3) is 0 Å². The van der Waals surface area contributed by atoms with Crippen LogP contribution in [0.1, 0.15) is 10.4 Å². The summed E-state index contributed by atoms with van der Waals surface area (Å²) in [5, 5.41) is 8.28. The summed E-state index contributed by atoms with van der Waals surface area (Å²) in [7, 11) is -1.53. The summed E-state index contributed by atoms with van der Waals surface area (Å²) >= 11 is 0. The first-order chi connectivity index (χ1) is 10.4. The Balaban J connectivity index is 2.09. The van der Waals surface area contributed by atoms with Gasteiger partial charge >= 0.3 is 0 Å². The van der Waals surface area contributed by atoms with Crippen LogP contribution in [0.5, 0.6) is 0 Å². The lowest BCUT2D eigenvalue weighted by molar-refractivity contribution is 0.105. The number of carbonyl (C=O) groups is 1. The third-order valence-electron chi connectivity index (χ3n) is 2.72. The topological polar surface area (TPSA) is 41.8 Å². The van der Waals surface area contributed by atoms with Crippen molar-refractivity contribution in [2.45, 2.75) is 19.6 Å². The van der Waals surface area contributed by atoms with Gasteiger partial charge in [0.1, 0.15) is 8.07 Å². The summed E-state index contributed by atoms with van der Waals surface area (Å²) in [4.78, 5) is 12.0. The minimum absolute atomic E-state index is 0.144. The van der Waals surface area contributed by atoms with Gasteiger partial charge in [-0.25, -0.2) is 0 Å². The molecular formula is C18H18N2OSi. The monoisotopic (exact) mass is 306 g/mol. The molecule has 3 nitrogen and oxygen atoms in total. The second-order valence-electron chi connectivity index (χ2n) is 5.91. The molecule has 0 unspecified atom stereocenters. The summed E-state index contributed by atoms with van der Waals surface area (Å²) in [6.45, 7) is 6.33. The van der Waals surface area contributed by atoms with E-state index in [0.717, 1.165) is 5.69 Å². The summed E-state index contributed by atoms with van der Waals surface area (Å²) in [5.74, 6) is 2.59. The molecular weight excluding hydrogens is 288 g/mol. The minimum Gasteiger partial charge on any atom is -0.279 e. The van der Waals surface area contributed by atoms with Crippen LogP contribution in [0.25, 0.3) is 0 Å². The third kappa shape index (κ3) is 5.11. The number of hydrogen-bond acceptors (Lipinski definition) is 3. The Morgan fingerprint density at radius 3 is 1.95 bits per heavy atom. The highest BCUT2D eigenvalue weighted by Crippen LogP contribution is 2.18. The van der Waals surface area contributed by atoms with Crippen LogP contribution in [0.3, 0.4) is 0 Å². The number of carbonyl (C=O) groups excluding carboxylic acids is 1. The van der Waals surface area contributed by atoms with E-state index in [9.17, 15) is 4.79 Å². The first kappa shape index (κ1) is 15.9. The molecule has 110 valence electrons. The molecule has 2 rings (SSSR count). The van der Waals surface area contributed by atoms with E-state index in [1.54, 1.807) is 24.3 Å². The number of hydrogen-bond donors (Lipinski definition) is 0. The molecule has 0 saturated carbocycles. The smallest absolute Gasteiger partial charge is 0.235 e. The van der Waals surface area contributed by atoms with Crippen LogP contribution >= 0.6 is 0 Å². The second-order valence-corrected chi connectivity index (χ2v) is 10.7. The van der Waals surface area contributed by atoms with Crippen molar-refractivity contribution in [3.8, 4) is 11.5 Å². The van der Waals surface area contributed by atoms with Gasteiger partial charge in [0.05, 0.1) is 11.4 Å². The third-order valence-corrected chi connectivity index (χ3v) is 3.59. The molecule has 0 fully saturated rings. The van der Waals surface area contributed by atoms with Crippen molar-refractivity contribution in [2.75, 3.05) is 0 Å². The molecule has 0 heterocycles. The van der Waals surface area contributed by atoms with E-state index in [0.29, 0.717) is 11.3 Å². The molecule has 0 radical (unpaired) electrons. The van der Waals surface area contributed by atoms with Crippen molar-refractivity contribution in [3.05, 3.63) is 60.2 Å². The summed E-state index contributed by atoms with van der Waals surface area (Å²) in [5.41, 5.74) is 5.17. The molecule has 0 atom stereocenters. The van der Waals surface area contributed by atoms with E-state index < -0.39 is 8.07 Å². The standard InChI is InChI=1S/C18H18N2OSi/c1-22(2,3)14-13-18(21)15-9-11-17(12-10-15)20-19-16-7-5-4-6-8-16/h4-12H,1-3H3. The van der Waals surface area contributed by atoms with Gasteiger partial charge in [-0.05, 0) is 42.3 Å². The normalized spacial score (nSPS) is 11.0. The molecule has 22 heavy (non-hydrogen) atoms. The molecule has 0 aliphatic rings. The van der Waals surface area contributed by atoms with Gasteiger partial charge in [-0.15, -0.1) is 5.54 Å². The molecule has 0 aliphatic carbocycles. The Hall–Kier alpha value is -2.51. The molecule has 0 aromatic heterocycles. The van der Waals surface area contributed by atoms with Gasteiger partial charge in [0.15, 0.2) is 0 Å². The van der Waals surface area contributed by atoms with Crippen LogP contribution in [-0.4, -0.2) is 13.9 Å². The summed E-state index contributed by atoms with van der Waals surface area (Å²) in [6.07, 6.45) is 0. The number of ketones is 1. The van der Waals surface area contributed by atoms with Crippen molar-refractivity contribution < 1.29 is 4.79 Å². The maximum Gasteiger partial charge on any atom is 0.235 e. The number of rotatable bonds is 3. The van der Waals surface area contributed by atoms with Crippen LogP contribution in [0, 0.1) is 11.5 Å². The average molecular weight is 306 g/mol. The maximum atomic E-state index is 12.0. The van der Waals surface area contributed by atoms with E-state index >= 15 is 0 Å². The van der Waals surface area contributed by atoms with Crippen LogP contribution in [-0.2, 0) is 0 Å².